The standard InChI is InChI=1S/C12H23N5O2/c1-3-19-11(18)12(14-7-8-15-16-13)5-4-9-17(2)10-6-12/h14H,3-10H2,1-2H3. The van der Waals surface area contributed by atoms with E-state index in [0.29, 0.717) is 19.7 Å². The molecule has 7 nitrogen and oxygen atoms in total. The van der Waals surface area contributed by atoms with Gasteiger partial charge in [0, 0.05) is 24.5 Å². The van der Waals surface area contributed by atoms with Crippen molar-refractivity contribution in [3.8, 4) is 0 Å². The van der Waals surface area contributed by atoms with E-state index in [1.165, 1.54) is 0 Å². The molecule has 0 aromatic carbocycles. The fourth-order valence-corrected chi connectivity index (χ4v) is 2.38. The summed E-state index contributed by atoms with van der Waals surface area (Å²) >= 11 is 0. The van der Waals surface area contributed by atoms with Crippen molar-refractivity contribution in [2.45, 2.75) is 31.7 Å². The van der Waals surface area contributed by atoms with Crippen molar-refractivity contribution in [2.24, 2.45) is 5.11 Å². The lowest BCUT2D eigenvalue weighted by atomic mass is 9.90. The number of esters is 1. The summed E-state index contributed by atoms with van der Waals surface area (Å²) < 4.78 is 5.21. The molecule has 1 rings (SSSR count). The summed E-state index contributed by atoms with van der Waals surface area (Å²) in [7, 11) is 2.06. The van der Waals surface area contributed by atoms with Gasteiger partial charge in [-0.1, -0.05) is 5.11 Å². The molecule has 1 aliphatic heterocycles. The van der Waals surface area contributed by atoms with Gasteiger partial charge in [0.2, 0.25) is 0 Å². The number of hydrogen-bond acceptors (Lipinski definition) is 5. The van der Waals surface area contributed by atoms with Crippen LogP contribution in [0.1, 0.15) is 26.2 Å². The SMILES string of the molecule is CCOC(=O)C1(NCCN=[N+]=[N-])CCCN(C)CC1. The smallest absolute Gasteiger partial charge is 0.326 e. The number of rotatable bonds is 6. The fourth-order valence-electron chi connectivity index (χ4n) is 2.38. The maximum absolute atomic E-state index is 12.2. The Bertz CT molecular complexity index is 343. The molecule has 108 valence electrons. The Kier molecular flexibility index (Phi) is 6.62. The van der Waals surface area contributed by atoms with Gasteiger partial charge >= 0.3 is 5.97 Å². The van der Waals surface area contributed by atoms with Gasteiger partial charge < -0.3 is 15.0 Å². The number of azide groups is 1. The predicted octanol–water partition coefficient (Wildman–Crippen LogP) is 1.30. The molecular formula is C12H23N5O2. The van der Waals surface area contributed by atoms with Crippen molar-refractivity contribution < 1.29 is 9.53 Å². The van der Waals surface area contributed by atoms with Crippen LogP contribution in [-0.2, 0) is 9.53 Å². The van der Waals surface area contributed by atoms with Crippen molar-refractivity contribution in [2.75, 3.05) is 39.8 Å². The van der Waals surface area contributed by atoms with E-state index >= 15 is 0 Å². The minimum Gasteiger partial charge on any atom is -0.465 e. The van der Waals surface area contributed by atoms with Crippen LogP contribution in [0.4, 0.5) is 0 Å². The first-order chi connectivity index (χ1) is 9.14. The van der Waals surface area contributed by atoms with Crippen LogP contribution in [0, 0.1) is 0 Å². The summed E-state index contributed by atoms with van der Waals surface area (Å²) in [5, 5.41) is 6.74. The largest absolute Gasteiger partial charge is 0.465 e. The number of nitrogens with one attached hydrogen (secondary N) is 1. The summed E-state index contributed by atoms with van der Waals surface area (Å²) in [6.07, 6.45) is 2.43. The van der Waals surface area contributed by atoms with Gasteiger partial charge in [0.25, 0.3) is 0 Å². The third kappa shape index (κ3) is 4.70. The molecule has 1 aliphatic rings. The zero-order chi connectivity index (χ0) is 14.1. The van der Waals surface area contributed by atoms with E-state index < -0.39 is 5.54 Å². The van der Waals surface area contributed by atoms with E-state index in [0.717, 1.165) is 32.4 Å². The Hall–Kier alpha value is -1.30. The number of ether oxygens (including phenoxy) is 1. The van der Waals surface area contributed by atoms with Crippen LogP contribution in [0.25, 0.3) is 10.4 Å². The molecule has 19 heavy (non-hydrogen) atoms. The zero-order valence-electron chi connectivity index (χ0n) is 11.8. The van der Waals surface area contributed by atoms with Crippen molar-refractivity contribution in [1.82, 2.24) is 10.2 Å². The lowest BCUT2D eigenvalue weighted by Crippen LogP contribution is -2.54. The molecule has 0 saturated carbocycles. The molecule has 0 aromatic rings. The Balaban J connectivity index is 2.70. The van der Waals surface area contributed by atoms with Crippen molar-refractivity contribution >= 4 is 5.97 Å². The average molecular weight is 269 g/mol. The van der Waals surface area contributed by atoms with Gasteiger partial charge in [0.05, 0.1) is 6.61 Å². The van der Waals surface area contributed by atoms with E-state index in [-0.39, 0.29) is 5.97 Å². The lowest BCUT2D eigenvalue weighted by molar-refractivity contribution is -0.151. The van der Waals surface area contributed by atoms with Crippen LogP contribution in [0.3, 0.4) is 0 Å². The van der Waals surface area contributed by atoms with E-state index in [9.17, 15) is 4.79 Å². The molecule has 1 unspecified atom stereocenters. The molecule has 1 saturated heterocycles. The van der Waals surface area contributed by atoms with Gasteiger partial charge in [-0.15, -0.1) is 0 Å². The highest BCUT2D eigenvalue weighted by atomic mass is 16.5. The molecule has 0 spiro atoms. The normalized spacial score (nSPS) is 24.3. The van der Waals surface area contributed by atoms with Gasteiger partial charge in [-0.25, -0.2) is 0 Å². The van der Waals surface area contributed by atoms with Crippen LogP contribution in [0.15, 0.2) is 5.11 Å². The van der Waals surface area contributed by atoms with E-state index in [4.69, 9.17) is 10.3 Å². The first-order valence-electron chi connectivity index (χ1n) is 6.76. The summed E-state index contributed by atoms with van der Waals surface area (Å²) in [6, 6.07) is 0. The number of carbonyl (C=O) groups is 1. The van der Waals surface area contributed by atoms with Gasteiger partial charge in [-0.3, -0.25) is 4.79 Å². The van der Waals surface area contributed by atoms with Crippen LogP contribution in [-0.4, -0.2) is 56.2 Å². The van der Waals surface area contributed by atoms with Crippen LogP contribution in [0.2, 0.25) is 0 Å². The molecule has 1 fully saturated rings. The van der Waals surface area contributed by atoms with E-state index in [1.807, 2.05) is 6.92 Å². The fraction of sp³-hybridized carbons (Fsp3) is 0.917. The van der Waals surface area contributed by atoms with E-state index in [2.05, 4.69) is 27.3 Å². The Labute approximate surface area is 113 Å². The summed E-state index contributed by atoms with van der Waals surface area (Å²) in [4.78, 5) is 17.2. The monoisotopic (exact) mass is 269 g/mol. The minimum atomic E-state index is -0.633. The molecule has 1 N–H and O–H groups in total. The molecule has 1 heterocycles. The molecule has 0 radical (unpaired) electrons. The Morgan fingerprint density at radius 1 is 1.53 bits per heavy atom. The van der Waals surface area contributed by atoms with Crippen LogP contribution >= 0.6 is 0 Å². The Morgan fingerprint density at radius 3 is 3.00 bits per heavy atom. The van der Waals surface area contributed by atoms with Crippen molar-refractivity contribution in [3.63, 3.8) is 0 Å². The number of nitrogens with zero attached hydrogens (tertiary/aromatic N) is 4. The molecule has 1 atom stereocenters. The highest BCUT2D eigenvalue weighted by Gasteiger charge is 2.40. The quantitative estimate of drug-likeness (QED) is 0.259. The molecule has 0 amide bonds. The Morgan fingerprint density at radius 2 is 2.32 bits per heavy atom. The third-order valence-electron chi connectivity index (χ3n) is 3.47. The topological polar surface area (TPSA) is 90.3 Å². The minimum absolute atomic E-state index is 0.189. The summed E-state index contributed by atoms with van der Waals surface area (Å²) in [5.74, 6) is -0.189. The van der Waals surface area contributed by atoms with Crippen LogP contribution in [0.5, 0.6) is 0 Å². The highest BCUT2D eigenvalue weighted by molar-refractivity contribution is 5.81. The second-order valence-corrected chi connectivity index (χ2v) is 4.84. The lowest BCUT2D eigenvalue weighted by Gasteiger charge is -2.31. The molecule has 0 bridgehead atoms. The molecular weight excluding hydrogens is 246 g/mol. The first kappa shape index (κ1) is 15.8. The van der Waals surface area contributed by atoms with Crippen molar-refractivity contribution in [3.05, 3.63) is 10.4 Å². The number of hydrogen-bond donors (Lipinski definition) is 1. The first-order valence-corrected chi connectivity index (χ1v) is 6.76. The number of likely N-dealkylation sites (tertiary alicyclic amines) is 1. The van der Waals surface area contributed by atoms with Gasteiger partial charge in [0.1, 0.15) is 5.54 Å². The van der Waals surface area contributed by atoms with Gasteiger partial charge in [0.15, 0.2) is 0 Å². The summed E-state index contributed by atoms with van der Waals surface area (Å²) in [6.45, 7) is 4.87. The third-order valence-corrected chi connectivity index (χ3v) is 3.47. The molecule has 7 heteroatoms. The van der Waals surface area contributed by atoms with Crippen molar-refractivity contribution in [1.29, 1.82) is 0 Å². The average Bonchev–Trinajstić information content (AvgIpc) is 2.58. The van der Waals surface area contributed by atoms with Gasteiger partial charge in [-0.2, -0.15) is 0 Å². The predicted molar refractivity (Wildman–Crippen MR) is 72.7 cm³/mol. The second-order valence-electron chi connectivity index (χ2n) is 4.84. The molecule has 0 aromatic heterocycles. The maximum atomic E-state index is 12.2. The van der Waals surface area contributed by atoms with E-state index in [1.54, 1.807) is 0 Å². The van der Waals surface area contributed by atoms with Gasteiger partial charge in [-0.05, 0) is 45.3 Å². The zero-order valence-corrected chi connectivity index (χ0v) is 11.8. The second kappa shape index (κ2) is 7.99. The molecule has 0 aliphatic carbocycles. The highest BCUT2D eigenvalue weighted by Crippen LogP contribution is 2.23. The van der Waals surface area contributed by atoms with Crippen LogP contribution < -0.4 is 5.32 Å². The summed E-state index contributed by atoms with van der Waals surface area (Å²) in [5.41, 5.74) is 7.64. The number of carbonyl (C=O) groups excluding carboxylic acids is 1. The maximum Gasteiger partial charge on any atom is 0.326 e.